The number of carbonyl (C=O) groups excluding carboxylic acids is 2. The summed E-state index contributed by atoms with van der Waals surface area (Å²) in [6, 6.07) is 6.15. The standard InChI is InChI=1S/C16H22N2O4/c1-16(2,3)10-17-14(21)11-5-7-12(8-6-11)15(22)18(4)9-13(19)20/h5-8H,9-10H2,1-4H3,(H,17,21)(H,19,20). The predicted octanol–water partition coefficient (Wildman–Crippen LogP) is 1.62. The number of rotatable bonds is 5. The zero-order chi connectivity index (χ0) is 16.9. The van der Waals surface area contributed by atoms with E-state index in [1.165, 1.54) is 19.2 Å². The number of carboxylic acid groups (broad SMARTS) is 1. The molecule has 0 fully saturated rings. The molecule has 0 aliphatic heterocycles. The summed E-state index contributed by atoms with van der Waals surface area (Å²) in [7, 11) is 1.42. The number of carboxylic acids is 1. The summed E-state index contributed by atoms with van der Waals surface area (Å²) in [4.78, 5) is 35.7. The van der Waals surface area contributed by atoms with E-state index in [1.54, 1.807) is 12.1 Å². The quantitative estimate of drug-likeness (QED) is 0.865. The number of nitrogens with zero attached hydrogens (tertiary/aromatic N) is 1. The Balaban J connectivity index is 2.72. The van der Waals surface area contributed by atoms with Crippen LogP contribution in [-0.4, -0.2) is 47.9 Å². The highest BCUT2D eigenvalue weighted by molar-refractivity contribution is 5.98. The molecule has 0 aliphatic rings. The molecule has 0 bridgehead atoms. The van der Waals surface area contributed by atoms with Gasteiger partial charge in [0.05, 0.1) is 0 Å². The molecule has 0 aliphatic carbocycles. The number of carbonyl (C=O) groups is 3. The van der Waals surface area contributed by atoms with E-state index in [2.05, 4.69) is 5.32 Å². The van der Waals surface area contributed by atoms with Gasteiger partial charge in [0, 0.05) is 24.7 Å². The summed E-state index contributed by atoms with van der Waals surface area (Å²) in [5, 5.41) is 11.5. The summed E-state index contributed by atoms with van der Waals surface area (Å²) < 4.78 is 0. The van der Waals surface area contributed by atoms with Crippen LogP contribution in [0.1, 0.15) is 41.5 Å². The van der Waals surface area contributed by atoms with Crippen molar-refractivity contribution in [2.75, 3.05) is 20.1 Å². The average Bonchev–Trinajstić information content (AvgIpc) is 2.42. The SMILES string of the molecule is CN(CC(=O)O)C(=O)c1ccc(C(=O)NCC(C)(C)C)cc1. The lowest BCUT2D eigenvalue weighted by Gasteiger charge is -2.18. The van der Waals surface area contributed by atoms with Crippen molar-refractivity contribution >= 4 is 17.8 Å². The van der Waals surface area contributed by atoms with Gasteiger partial charge in [0.2, 0.25) is 0 Å². The Hall–Kier alpha value is -2.37. The molecule has 2 N–H and O–H groups in total. The largest absolute Gasteiger partial charge is 0.480 e. The lowest BCUT2D eigenvalue weighted by Crippen LogP contribution is -2.33. The van der Waals surface area contributed by atoms with E-state index < -0.39 is 11.9 Å². The number of benzene rings is 1. The molecule has 2 amide bonds. The van der Waals surface area contributed by atoms with Gasteiger partial charge in [-0.15, -0.1) is 0 Å². The molecule has 1 rings (SSSR count). The lowest BCUT2D eigenvalue weighted by atomic mass is 9.97. The average molecular weight is 306 g/mol. The molecule has 0 heterocycles. The van der Waals surface area contributed by atoms with Gasteiger partial charge in [-0.05, 0) is 29.7 Å². The fourth-order valence-electron chi connectivity index (χ4n) is 1.71. The molecular weight excluding hydrogens is 284 g/mol. The third kappa shape index (κ3) is 5.55. The van der Waals surface area contributed by atoms with Gasteiger partial charge in [0.25, 0.3) is 11.8 Å². The molecule has 120 valence electrons. The van der Waals surface area contributed by atoms with Crippen molar-refractivity contribution in [3.05, 3.63) is 35.4 Å². The number of nitrogens with one attached hydrogen (secondary N) is 1. The van der Waals surface area contributed by atoms with Gasteiger partial charge in [-0.1, -0.05) is 20.8 Å². The molecule has 6 nitrogen and oxygen atoms in total. The Labute approximate surface area is 130 Å². The summed E-state index contributed by atoms with van der Waals surface area (Å²) in [6.07, 6.45) is 0. The van der Waals surface area contributed by atoms with Crippen LogP contribution in [0.15, 0.2) is 24.3 Å². The zero-order valence-electron chi connectivity index (χ0n) is 13.3. The Morgan fingerprint density at radius 2 is 1.59 bits per heavy atom. The Morgan fingerprint density at radius 3 is 2.05 bits per heavy atom. The smallest absolute Gasteiger partial charge is 0.323 e. The van der Waals surface area contributed by atoms with Crippen LogP contribution in [0.5, 0.6) is 0 Å². The highest BCUT2D eigenvalue weighted by Crippen LogP contribution is 2.12. The summed E-state index contributed by atoms with van der Waals surface area (Å²) in [5.41, 5.74) is 0.795. The molecule has 0 saturated heterocycles. The van der Waals surface area contributed by atoms with Crippen LogP contribution in [0.4, 0.5) is 0 Å². The second-order valence-corrected chi connectivity index (χ2v) is 6.38. The van der Waals surface area contributed by atoms with Gasteiger partial charge in [0.15, 0.2) is 0 Å². The number of aliphatic carboxylic acids is 1. The maximum atomic E-state index is 12.0. The first-order chi connectivity index (χ1) is 10.1. The number of amides is 2. The topological polar surface area (TPSA) is 86.7 Å². The van der Waals surface area contributed by atoms with Crippen molar-refractivity contribution in [2.24, 2.45) is 5.41 Å². The van der Waals surface area contributed by atoms with Gasteiger partial charge in [0.1, 0.15) is 6.54 Å². The van der Waals surface area contributed by atoms with Crippen molar-refractivity contribution in [1.29, 1.82) is 0 Å². The van der Waals surface area contributed by atoms with E-state index >= 15 is 0 Å². The van der Waals surface area contributed by atoms with Crippen LogP contribution < -0.4 is 5.32 Å². The first kappa shape index (κ1) is 17.7. The van der Waals surface area contributed by atoms with Gasteiger partial charge >= 0.3 is 5.97 Å². The maximum Gasteiger partial charge on any atom is 0.323 e. The molecule has 0 radical (unpaired) electrons. The molecule has 1 aromatic carbocycles. The van der Waals surface area contributed by atoms with Crippen molar-refractivity contribution in [3.8, 4) is 0 Å². The van der Waals surface area contributed by atoms with Gasteiger partial charge in [-0.25, -0.2) is 0 Å². The first-order valence-corrected chi connectivity index (χ1v) is 6.96. The van der Waals surface area contributed by atoms with Crippen molar-refractivity contribution in [2.45, 2.75) is 20.8 Å². The minimum Gasteiger partial charge on any atom is -0.480 e. The summed E-state index contributed by atoms with van der Waals surface area (Å²) >= 11 is 0. The van der Waals surface area contributed by atoms with Crippen LogP contribution in [0.3, 0.4) is 0 Å². The number of hydrogen-bond acceptors (Lipinski definition) is 3. The van der Waals surface area contributed by atoms with Gasteiger partial charge < -0.3 is 15.3 Å². The molecule has 0 atom stereocenters. The highest BCUT2D eigenvalue weighted by atomic mass is 16.4. The van der Waals surface area contributed by atoms with Crippen LogP contribution >= 0.6 is 0 Å². The van der Waals surface area contributed by atoms with E-state index in [4.69, 9.17) is 5.11 Å². The monoisotopic (exact) mass is 306 g/mol. The fourth-order valence-corrected chi connectivity index (χ4v) is 1.71. The van der Waals surface area contributed by atoms with E-state index in [-0.39, 0.29) is 17.9 Å². The number of likely N-dealkylation sites (N-methyl/N-ethyl adjacent to an activating group) is 1. The normalized spacial score (nSPS) is 10.9. The fraction of sp³-hybridized carbons (Fsp3) is 0.438. The Kier molecular flexibility index (Phi) is 5.68. The third-order valence-corrected chi connectivity index (χ3v) is 2.89. The van der Waals surface area contributed by atoms with Crippen LogP contribution in [0.25, 0.3) is 0 Å². The van der Waals surface area contributed by atoms with E-state index in [9.17, 15) is 14.4 Å². The molecular formula is C16H22N2O4. The molecule has 0 saturated carbocycles. The van der Waals surface area contributed by atoms with Crippen LogP contribution in [0.2, 0.25) is 0 Å². The molecule has 6 heteroatoms. The van der Waals surface area contributed by atoms with E-state index in [0.717, 1.165) is 4.90 Å². The van der Waals surface area contributed by atoms with Gasteiger partial charge in [-0.2, -0.15) is 0 Å². The van der Waals surface area contributed by atoms with E-state index in [0.29, 0.717) is 17.7 Å². The summed E-state index contributed by atoms with van der Waals surface area (Å²) in [6.45, 7) is 6.24. The second-order valence-electron chi connectivity index (χ2n) is 6.38. The van der Waals surface area contributed by atoms with Crippen LogP contribution in [-0.2, 0) is 4.79 Å². The maximum absolute atomic E-state index is 12.0. The van der Waals surface area contributed by atoms with Crippen molar-refractivity contribution < 1.29 is 19.5 Å². The van der Waals surface area contributed by atoms with Crippen molar-refractivity contribution in [3.63, 3.8) is 0 Å². The lowest BCUT2D eigenvalue weighted by molar-refractivity contribution is -0.137. The minimum atomic E-state index is -1.07. The first-order valence-electron chi connectivity index (χ1n) is 6.96. The second kappa shape index (κ2) is 7.06. The molecule has 22 heavy (non-hydrogen) atoms. The molecule has 0 unspecified atom stereocenters. The minimum absolute atomic E-state index is 0.00882. The number of hydrogen-bond donors (Lipinski definition) is 2. The third-order valence-electron chi connectivity index (χ3n) is 2.89. The summed E-state index contributed by atoms with van der Waals surface area (Å²) in [5.74, 6) is -1.68. The Bertz CT molecular complexity index is 559. The zero-order valence-corrected chi connectivity index (χ0v) is 13.3. The molecule has 0 spiro atoms. The Morgan fingerprint density at radius 1 is 1.09 bits per heavy atom. The highest BCUT2D eigenvalue weighted by Gasteiger charge is 2.16. The van der Waals surface area contributed by atoms with Gasteiger partial charge in [-0.3, -0.25) is 14.4 Å². The van der Waals surface area contributed by atoms with Crippen molar-refractivity contribution in [1.82, 2.24) is 10.2 Å². The predicted molar refractivity (Wildman–Crippen MR) is 82.8 cm³/mol. The molecule has 1 aromatic rings. The molecule has 0 aromatic heterocycles. The van der Waals surface area contributed by atoms with E-state index in [1.807, 2.05) is 20.8 Å². The van der Waals surface area contributed by atoms with Crippen LogP contribution in [0, 0.1) is 5.41 Å².